The van der Waals surface area contributed by atoms with Crippen LogP contribution in [0.2, 0.25) is 0 Å². The molecule has 0 amide bonds. The van der Waals surface area contributed by atoms with Gasteiger partial charge in [-0.05, 0) is 12.5 Å². The van der Waals surface area contributed by atoms with E-state index >= 15 is 0 Å². The van der Waals surface area contributed by atoms with Crippen molar-refractivity contribution in [1.29, 1.82) is 0 Å². The Morgan fingerprint density at radius 1 is 1.37 bits per heavy atom. The van der Waals surface area contributed by atoms with Crippen LogP contribution in [0.4, 0.5) is 0 Å². The number of aromatic nitrogens is 1. The van der Waals surface area contributed by atoms with Crippen molar-refractivity contribution in [1.82, 2.24) is 9.88 Å². The second-order valence-electron chi connectivity index (χ2n) is 4.66. The maximum Gasteiger partial charge on any atom is 0.192 e. The van der Waals surface area contributed by atoms with Gasteiger partial charge >= 0.3 is 0 Å². The van der Waals surface area contributed by atoms with E-state index < -0.39 is 0 Å². The van der Waals surface area contributed by atoms with Crippen LogP contribution in [0, 0.1) is 6.92 Å². The molecule has 2 heterocycles. The van der Waals surface area contributed by atoms with Crippen molar-refractivity contribution >= 4 is 17.3 Å². The molecule has 19 heavy (non-hydrogen) atoms. The molecule has 1 unspecified atom stereocenters. The van der Waals surface area contributed by atoms with Crippen LogP contribution in [0.3, 0.4) is 0 Å². The third-order valence-electron chi connectivity index (χ3n) is 3.21. The Bertz CT molecular complexity index is 591. The molecular weight excluding hydrogens is 256 g/mol. The first-order valence-electron chi connectivity index (χ1n) is 6.26. The molecule has 2 N–H and O–H groups in total. The lowest BCUT2D eigenvalue weighted by atomic mass is 10.2. The van der Waals surface area contributed by atoms with Crippen LogP contribution in [-0.4, -0.2) is 22.4 Å². The molecular formula is C14H16N4S. The maximum atomic E-state index is 6.01. The Kier molecular flexibility index (Phi) is 3.21. The Morgan fingerprint density at radius 3 is 2.84 bits per heavy atom. The molecule has 1 aliphatic rings. The largest absolute Gasteiger partial charge is 0.370 e. The highest BCUT2D eigenvalue weighted by molar-refractivity contribution is 7.09. The molecule has 1 aromatic carbocycles. The topological polar surface area (TPSA) is 54.5 Å². The van der Waals surface area contributed by atoms with Gasteiger partial charge in [-0.15, -0.1) is 11.3 Å². The van der Waals surface area contributed by atoms with Gasteiger partial charge in [0.1, 0.15) is 11.0 Å². The van der Waals surface area contributed by atoms with E-state index in [1.54, 1.807) is 11.3 Å². The van der Waals surface area contributed by atoms with Crippen LogP contribution < -0.4 is 5.73 Å². The number of hydrogen-bond acceptors (Lipinski definition) is 5. The summed E-state index contributed by atoms with van der Waals surface area (Å²) < 4.78 is 0. The van der Waals surface area contributed by atoms with Gasteiger partial charge < -0.3 is 10.6 Å². The first-order valence-corrected chi connectivity index (χ1v) is 7.14. The summed E-state index contributed by atoms with van der Waals surface area (Å²) in [6.45, 7) is 3.49. The summed E-state index contributed by atoms with van der Waals surface area (Å²) in [6, 6.07) is 10.5. The normalized spacial score (nSPS) is 18.7. The zero-order valence-electron chi connectivity index (χ0n) is 10.8. The van der Waals surface area contributed by atoms with Crippen molar-refractivity contribution in [3.63, 3.8) is 0 Å². The summed E-state index contributed by atoms with van der Waals surface area (Å²) in [7, 11) is 0. The minimum atomic E-state index is 0.180. The van der Waals surface area contributed by atoms with Gasteiger partial charge in [0, 0.05) is 17.6 Å². The highest BCUT2D eigenvalue weighted by Crippen LogP contribution is 2.29. The van der Waals surface area contributed by atoms with Crippen LogP contribution >= 0.6 is 11.3 Å². The highest BCUT2D eigenvalue weighted by Gasteiger charge is 2.29. The number of rotatable bonds is 3. The van der Waals surface area contributed by atoms with Gasteiger partial charge in [-0.1, -0.05) is 30.3 Å². The second-order valence-corrected chi connectivity index (χ2v) is 5.54. The minimum absolute atomic E-state index is 0.180. The zero-order chi connectivity index (χ0) is 13.2. The van der Waals surface area contributed by atoms with Crippen LogP contribution in [0.1, 0.15) is 22.3 Å². The third-order valence-corrected chi connectivity index (χ3v) is 4.28. The molecule has 0 fully saturated rings. The maximum absolute atomic E-state index is 6.01. The Hall–Kier alpha value is -1.88. The molecule has 98 valence electrons. The molecule has 1 aromatic heterocycles. The van der Waals surface area contributed by atoms with E-state index in [1.165, 1.54) is 5.56 Å². The summed E-state index contributed by atoms with van der Waals surface area (Å²) in [5.41, 5.74) is 8.31. The summed E-state index contributed by atoms with van der Waals surface area (Å²) in [4.78, 5) is 11.1. The summed E-state index contributed by atoms with van der Waals surface area (Å²) >= 11 is 1.68. The predicted octanol–water partition coefficient (Wildman–Crippen LogP) is 2.32. The standard InChI is InChI=1S/C14H16N4S/c1-10-9-19-13(17-10)12-7-16-14(15)18(12)8-11-5-3-2-4-6-11/h2-6,9,12H,7-8H2,1H3,(H2,15,16). The SMILES string of the molecule is Cc1csc(C2CN=C(N)N2Cc2ccccc2)n1. The first kappa shape index (κ1) is 12.2. The van der Waals surface area contributed by atoms with Gasteiger partial charge in [0.25, 0.3) is 0 Å². The molecule has 5 heteroatoms. The minimum Gasteiger partial charge on any atom is -0.370 e. The quantitative estimate of drug-likeness (QED) is 0.933. The molecule has 1 atom stereocenters. The van der Waals surface area contributed by atoms with E-state index in [9.17, 15) is 0 Å². The van der Waals surface area contributed by atoms with Crippen molar-refractivity contribution in [2.24, 2.45) is 10.7 Å². The Morgan fingerprint density at radius 2 is 2.16 bits per heavy atom. The van der Waals surface area contributed by atoms with E-state index in [4.69, 9.17) is 5.73 Å². The number of benzene rings is 1. The Balaban J connectivity index is 1.83. The van der Waals surface area contributed by atoms with Crippen molar-refractivity contribution in [3.05, 3.63) is 52.0 Å². The zero-order valence-corrected chi connectivity index (χ0v) is 11.6. The summed E-state index contributed by atoms with van der Waals surface area (Å²) in [5.74, 6) is 0.613. The molecule has 1 aliphatic heterocycles. The van der Waals surface area contributed by atoms with E-state index in [-0.39, 0.29) is 6.04 Å². The molecule has 0 saturated heterocycles. The van der Waals surface area contributed by atoms with Crippen LogP contribution in [0.25, 0.3) is 0 Å². The number of aryl methyl sites for hydroxylation is 1. The molecule has 0 bridgehead atoms. The van der Waals surface area contributed by atoms with E-state index in [0.29, 0.717) is 12.5 Å². The lowest BCUT2D eigenvalue weighted by Crippen LogP contribution is -2.35. The van der Waals surface area contributed by atoms with Crippen molar-refractivity contribution < 1.29 is 0 Å². The molecule has 0 spiro atoms. The molecule has 0 radical (unpaired) electrons. The molecule has 0 aliphatic carbocycles. The lowest BCUT2D eigenvalue weighted by Gasteiger charge is -2.24. The van der Waals surface area contributed by atoms with Crippen molar-refractivity contribution in [2.45, 2.75) is 19.5 Å². The summed E-state index contributed by atoms with van der Waals surface area (Å²) in [6.07, 6.45) is 0. The number of guanidine groups is 1. The average molecular weight is 272 g/mol. The fourth-order valence-corrected chi connectivity index (χ4v) is 3.14. The second kappa shape index (κ2) is 5.01. The number of thiazole rings is 1. The number of nitrogens with zero attached hydrogens (tertiary/aromatic N) is 3. The fourth-order valence-electron chi connectivity index (χ4n) is 2.24. The van der Waals surface area contributed by atoms with Crippen molar-refractivity contribution in [3.8, 4) is 0 Å². The molecule has 4 nitrogen and oxygen atoms in total. The van der Waals surface area contributed by atoms with E-state index in [1.807, 2.05) is 25.1 Å². The smallest absolute Gasteiger partial charge is 0.192 e. The van der Waals surface area contributed by atoms with Crippen LogP contribution in [0.15, 0.2) is 40.7 Å². The van der Waals surface area contributed by atoms with Crippen LogP contribution in [-0.2, 0) is 6.54 Å². The van der Waals surface area contributed by atoms with Gasteiger partial charge in [0.2, 0.25) is 0 Å². The lowest BCUT2D eigenvalue weighted by molar-refractivity contribution is 0.339. The summed E-state index contributed by atoms with van der Waals surface area (Å²) in [5, 5.41) is 3.17. The fraction of sp³-hybridized carbons (Fsp3) is 0.286. The third kappa shape index (κ3) is 2.46. The number of nitrogens with two attached hydrogens (primary N) is 1. The van der Waals surface area contributed by atoms with E-state index in [2.05, 4.69) is 32.4 Å². The molecule has 3 rings (SSSR count). The number of aliphatic imine (C=N–C) groups is 1. The van der Waals surface area contributed by atoms with Gasteiger partial charge in [-0.2, -0.15) is 0 Å². The molecule has 0 saturated carbocycles. The molecule has 2 aromatic rings. The average Bonchev–Trinajstić information content (AvgIpc) is 2.99. The van der Waals surface area contributed by atoms with E-state index in [0.717, 1.165) is 17.2 Å². The van der Waals surface area contributed by atoms with Crippen molar-refractivity contribution in [2.75, 3.05) is 6.54 Å². The highest BCUT2D eigenvalue weighted by atomic mass is 32.1. The monoisotopic (exact) mass is 272 g/mol. The number of hydrogen-bond donors (Lipinski definition) is 1. The van der Waals surface area contributed by atoms with Gasteiger partial charge in [0.15, 0.2) is 5.96 Å². The van der Waals surface area contributed by atoms with Crippen LogP contribution in [0.5, 0.6) is 0 Å². The first-order chi connectivity index (χ1) is 9.24. The Labute approximate surface area is 116 Å². The van der Waals surface area contributed by atoms with Gasteiger partial charge in [-0.3, -0.25) is 4.99 Å². The van der Waals surface area contributed by atoms with Gasteiger partial charge in [0.05, 0.1) is 6.54 Å². The van der Waals surface area contributed by atoms with Gasteiger partial charge in [-0.25, -0.2) is 4.98 Å². The predicted molar refractivity (Wildman–Crippen MR) is 78.1 cm³/mol.